The van der Waals surface area contributed by atoms with E-state index in [4.69, 9.17) is 0 Å². The molecule has 1 saturated carbocycles. The van der Waals surface area contributed by atoms with E-state index >= 15 is 0 Å². The molecule has 1 fully saturated rings. The number of hydrogen-bond acceptors (Lipinski definition) is 2. The van der Waals surface area contributed by atoms with Gasteiger partial charge >= 0.3 is 0 Å². The highest BCUT2D eigenvalue weighted by atomic mass is 16.2. The molecule has 2 aromatic carbocycles. The van der Waals surface area contributed by atoms with Gasteiger partial charge in [0.2, 0.25) is 5.91 Å². The molecule has 0 radical (unpaired) electrons. The Hall–Kier alpha value is -2.42. The Balaban J connectivity index is 1.67. The van der Waals surface area contributed by atoms with Crippen LogP contribution in [-0.4, -0.2) is 23.7 Å². The van der Waals surface area contributed by atoms with Gasteiger partial charge in [0.1, 0.15) is 0 Å². The lowest BCUT2D eigenvalue weighted by atomic mass is 9.91. The Morgan fingerprint density at radius 1 is 1.04 bits per heavy atom. The lowest BCUT2D eigenvalue weighted by Crippen LogP contribution is -2.31. The average molecular weight is 302 g/mol. The maximum absolute atomic E-state index is 12.7. The van der Waals surface area contributed by atoms with Gasteiger partial charge in [-0.25, -0.2) is 5.01 Å². The number of hydrogen-bond donors (Lipinski definition) is 0. The summed E-state index contributed by atoms with van der Waals surface area (Å²) in [5.74, 6) is 0.465. The number of amides is 1. The van der Waals surface area contributed by atoms with Gasteiger partial charge in [-0.15, -0.1) is 0 Å². The number of benzene rings is 2. The Bertz CT molecular complexity index is 842. The SMILES string of the molecule is CN1N=C(c2ccccc2)[C@@H]2[C@H](C1=O)[C@@]21CCc2ccccc21. The first-order valence-corrected chi connectivity index (χ1v) is 8.23. The molecule has 0 saturated heterocycles. The van der Waals surface area contributed by atoms with Crippen LogP contribution in [0.15, 0.2) is 59.7 Å². The summed E-state index contributed by atoms with van der Waals surface area (Å²) >= 11 is 0. The van der Waals surface area contributed by atoms with Gasteiger partial charge in [0.25, 0.3) is 0 Å². The highest BCUT2D eigenvalue weighted by molar-refractivity contribution is 6.12. The van der Waals surface area contributed by atoms with E-state index in [1.165, 1.54) is 11.1 Å². The van der Waals surface area contributed by atoms with Crippen LogP contribution < -0.4 is 0 Å². The van der Waals surface area contributed by atoms with Crippen LogP contribution in [0.25, 0.3) is 0 Å². The summed E-state index contributed by atoms with van der Waals surface area (Å²) in [6.07, 6.45) is 2.13. The number of hydrazone groups is 1. The largest absolute Gasteiger partial charge is 0.273 e. The maximum Gasteiger partial charge on any atom is 0.247 e. The molecule has 5 rings (SSSR count). The van der Waals surface area contributed by atoms with Crippen LogP contribution in [0.4, 0.5) is 0 Å². The molecule has 0 aromatic heterocycles. The Labute approximate surface area is 135 Å². The second-order valence-corrected chi connectivity index (χ2v) is 6.87. The smallest absolute Gasteiger partial charge is 0.247 e. The van der Waals surface area contributed by atoms with Gasteiger partial charge in [-0.05, 0) is 29.5 Å². The molecule has 1 spiro atoms. The van der Waals surface area contributed by atoms with Crippen LogP contribution in [-0.2, 0) is 16.6 Å². The van der Waals surface area contributed by atoms with Crippen LogP contribution in [0.3, 0.4) is 0 Å². The first kappa shape index (κ1) is 13.1. The Morgan fingerprint density at radius 3 is 2.61 bits per heavy atom. The molecule has 3 atom stereocenters. The number of carbonyl (C=O) groups is 1. The van der Waals surface area contributed by atoms with Crippen LogP contribution in [0.1, 0.15) is 23.1 Å². The highest BCUT2D eigenvalue weighted by Gasteiger charge is 2.73. The van der Waals surface area contributed by atoms with Crippen molar-refractivity contribution in [2.45, 2.75) is 18.3 Å². The molecule has 1 aliphatic heterocycles. The van der Waals surface area contributed by atoms with Gasteiger partial charge in [-0.3, -0.25) is 4.79 Å². The van der Waals surface area contributed by atoms with Crippen molar-refractivity contribution < 1.29 is 4.79 Å². The Morgan fingerprint density at radius 2 is 1.78 bits per heavy atom. The lowest BCUT2D eigenvalue weighted by Gasteiger charge is -2.18. The third-order valence-electron chi connectivity index (χ3n) is 5.87. The van der Waals surface area contributed by atoms with E-state index in [1.54, 1.807) is 12.1 Å². The average Bonchev–Trinajstić information content (AvgIpc) is 3.11. The predicted molar refractivity (Wildman–Crippen MR) is 89.2 cm³/mol. The third-order valence-corrected chi connectivity index (χ3v) is 5.87. The zero-order valence-corrected chi connectivity index (χ0v) is 13.1. The van der Waals surface area contributed by atoms with Gasteiger partial charge in [-0.1, -0.05) is 54.6 Å². The van der Waals surface area contributed by atoms with E-state index in [0.717, 1.165) is 24.1 Å². The molecule has 3 nitrogen and oxygen atoms in total. The van der Waals surface area contributed by atoms with Gasteiger partial charge in [-0.2, -0.15) is 5.10 Å². The third kappa shape index (κ3) is 1.55. The number of carbonyl (C=O) groups excluding carboxylic acids is 1. The molecule has 0 bridgehead atoms. The van der Waals surface area contributed by atoms with Crippen molar-refractivity contribution in [3.05, 3.63) is 71.3 Å². The number of nitrogens with zero attached hydrogens (tertiary/aromatic N) is 2. The Kier molecular flexibility index (Phi) is 2.45. The summed E-state index contributed by atoms with van der Waals surface area (Å²) in [6, 6.07) is 18.9. The highest BCUT2D eigenvalue weighted by Crippen LogP contribution is 2.68. The van der Waals surface area contributed by atoms with Crippen molar-refractivity contribution in [1.29, 1.82) is 0 Å². The fourth-order valence-electron chi connectivity index (χ4n) is 4.84. The van der Waals surface area contributed by atoms with Crippen molar-refractivity contribution in [3.63, 3.8) is 0 Å². The lowest BCUT2D eigenvalue weighted by molar-refractivity contribution is -0.132. The minimum absolute atomic E-state index is 0.0207. The summed E-state index contributed by atoms with van der Waals surface area (Å²) in [5, 5.41) is 6.20. The van der Waals surface area contributed by atoms with Crippen molar-refractivity contribution in [3.8, 4) is 0 Å². The molecular formula is C20H18N2O. The molecule has 3 aliphatic rings. The first-order valence-electron chi connectivity index (χ1n) is 8.23. The molecule has 2 aromatic rings. The van der Waals surface area contributed by atoms with E-state index < -0.39 is 0 Å². The molecule has 1 heterocycles. The predicted octanol–water partition coefficient (Wildman–Crippen LogP) is 2.99. The normalized spacial score (nSPS) is 30.9. The maximum atomic E-state index is 12.7. The zero-order valence-electron chi connectivity index (χ0n) is 13.1. The minimum Gasteiger partial charge on any atom is -0.273 e. The van der Waals surface area contributed by atoms with E-state index in [-0.39, 0.29) is 23.2 Å². The molecular weight excluding hydrogens is 284 g/mol. The summed E-state index contributed by atoms with van der Waals surface area (Å²) in [5.41, 5.74) is 4.98. The fourth-order valence-corrected chi connectivity index (χ4v) is 4.84. The fraction of sp³-hybridized carbons (Fsp3) is 0.300. The zero-order chi connectivity index (χ0) is 15.6. The van der Waals surface area contributed by atoms with E-state index in [2.05, 4.69) is 41.5 Å². The topological polar surface area (TPSA) is 32.7 Å². The second kappa shape index (κ2) is 4.31. The van der Waals surface area contributed by atoms with Gasteiger partial charge in [0.05, 0.1) is 11.6 Å². The monoisotopic (exact) mass is 302 g/mol. The van der Waals surface area contributed by atoms with Crippen molar-refractivity contribution in [2.75, 3.05) is 7.05 Å². The van der Waals surface area contributed by atoms with Gasteiger partial charge in [0, 0.05) is 18.4 Å². The first-order chi connectivity index (χ1) is 11.2. The minimum atomic E-state index is -0.0207. The van der Waals surface area contributed by atoms with E-state index in [1.807, 2.05) is 18.2 Å². The molecule has 0 unspecified atom stereocenters. The quantitative estimate of drug-likeness (QED) is 0.797. The van der Waals surface area contributed by atoms with Gasteiger partial charge in [0.15, 0.2) is 0 Å². The molecule has 3 heteroatoms. The number of aryl methyl sites for hydroxylation is 1. The van der Waals surface area contributed by atoms with Crippen molar-refractivity contribution >= 4 is 11.6 Å². The molecule has 2 aliphatic carbocycles. The molecule has 1 amide bonds. The molecule has 114 valence electrons. The molecule has 23 heavy (non-hydrogen) atoms. The van der Waals surface area contributed by atoms with Crippen molar-refractivity contribution in [1.82, 2.24) is 5.01 Å². The number of fused-ring (bicyclic) bond motifs is 5. The second-order valence-electron chi connectivity index (χ2n) is 6.87. The molecule has 0 N–H and O–H groups in total. The van der Waals surface area contributed by atoms with E-state index in [9.17, 15) is 4.79 Å². The summed E-state index contributed by atoms with van der Waals surface area (Å²) in [4.78, 5) is 12.7. The standard InChI is InChI=1S/C20H18N2O/c1-22-19(23)17-16(18(21-22)14-8-3-2-4-9-14)20(17)12-11-13-7-5-6-10-15(13)20/h2-10,16-17H,11-12H2,1H3/t16-,17+,20+/m0/s1. The van der Waals surface area contributed by atoms with Crippen molar-refractivity contribution in [2.24, 2.45) is 16.9 Å². The summed E-state index contributed by atoms with van der Waals surface area (Å²) in [7, 11) is 1.79. The summed E-state index contributed by atoms with van der Waals surface area (Å²) in [6.45, 7) is 0. The van der Waals surface area contributed by atoms with Crippen LogP contribution >= 0.6 is 0 Å². The van der Waals surface area contributed by atoms with Crippen LogP contribution in [0, 0.1) is 11.8 Å². The van der Waals surface area contributed by atoms with Crippen LogP contribution in [0.2, 0.25) is 0 Å². The summed E-state index contributed by atoms with van der Waals surface area (Å²) < 4.78 is 0. The van der Waals surface area contributed by atoms with E-state index in [0.29, 0.717) is 0 Å². The number of rotatable bonds is 1. The van der Waals surface area contributed by atoms with Crippen LogP contribution in [0.5, 0.6) is 0 Å². The van der Waals surface area contributed by atoms with Gasteiger partial charge < -0.3 is 0 Å².